The third-order valence-corrected chi connectivity index (χ3v) is 2.43. The molecule has 0 spiro atoms. The first-order chi connectivity index (χ1) is 7.00. The van der Waals surface area contributed by atoms with E-state index in [0.29, 0.717) is 16.8 Å². The summed E-state index contributed by atoms with van der Waals surface area (Å²) in [5, 5.41) is 13.2. The number of carbonyl (C=O) groups excluding carboxylic acids is 1. The molecule has 0 aromatic heterocycles. The lowest BCUT2D eigenvalue weighted by Gasteiger charge is -2.03. The topological polar surface area (TPSA) is 98.3 Å². The number of benzene rings is 1. The molecule has 2 rings (SSSR count). The zero-order valence-electron chi connectivity index (χ0n) is 7.98. The van der Waals surface area contributed by atoms with Gasteiger partial charge in [0.05, 0.1) is 4.92 Å². The minimum atomic E-state index is -0.807. The molecule has 78 valence electrons. The summed E-state index contributed by atoms with van der Waals surface area (Å²) in [4.78, 5) is 21.4. The van der Waals surface area contributed by atoms with Gasteiger partial charge < -0.3 is 11.1 Å². The molecule has 0 saturated heterocycles. The Hall–Kier alpha value is -1.95. The predicted octanol–water partition coefficient (Wildman–Crippen LogP) is 0.855. The molecule has 0 bridgehead atoms. The first kappa shape index (κ1) is 9.60. The normalized spacial score (nSPS) is 18.5. The van der Waals surface area contributed by atoms with E-state index >= 15 is 0 Å². The summed E-state index contributed by atoms with van der Waals surface area (Å²) in [6.45, 7) is 1.70. The summed E-state index contributed by atoms with van der Waals surface area (Å²) in [5.41, 5.74) is 7.29. The molecule has 1 aliphatic rings. The zero-order valence-corrected chi connectivity index (χ0v) is 7.98. The molecule has 0 saturated carbocycles. The fourth-order valence-corrected chi connectivity index (χ4v) is 1.66. The first-order valence-electron chi connectivity index (χ1n) is 4.36. The van der Waals surface area contributed by atoms with E-state index in [1.54, 1.807) is 6.92 Å². The van der Waals surface area contributed by atoms with Crippen LogP contribution in [0.1, 0.15) is 17.2 Å². The van der Waals surface area contributed by atoms with Gasteiger partial charge in [-0.2, -0.15) is 0 Å². The summed E-state index contributed by atoms with van der Waals surface area (Å²) >= 11 is 0. The molecule has 1 aromatic carbocycles. The van der Waals surface area contributed by atoms with Gasteiger partial charge >= 0.3 is 0 Å². The van der Waals surface area contributed by atoms with E-state index in [2.05, 4.69) is 5.32 Å². The molecule has 15 heavy (non-hydrogen) atoms. The van der Waals surface area contributed by atoms with Crippen LogP contribution in [0, 0.1) is 17.0 Å². The van der Waals surface area contributed by atoms with E-state index in [0.717, 1.165) is 0 Å². The van der Waals surface area contributed by atoms with E-state index < -0.39 is 11.0 Å². The highest BCUT2D eigenvalue weighted by molar-refractivity contribution is 6.03. The molecule has 0 fully saturated rings. The van der Waals surface area contributed by atoms with Crippen LogP contribution in [0.25, 0.3) is 0 Å². The monoisotopic (exact) mass is 207 g/mol. The smallest absolute Gasteiger partial charge is 0.270 e. The Morgan fingerprint density at radius 1 is 1.53 bits per heavy atom. The maximum Gasteiger partial charge on any atom is 0.270 e. The number of nitrogens with two attached hydrogens (primary N) is 1. The second kappa shape index (κ2) is 3.03. The van der Waals surface area contributed by atoms with Gasteiger partial charge in [-0.15, -0.1) is 0 Å². The second-order valence-electron chi connectivity index (χ2n) is 3.45. The maximum absolute atomic E-state index is 11.3. The van der Waals surface area contributed by atoms with Gasteiger partial charge in [0.2, 0.25) is 5.91 Å². The quantitative estimate of drug-likeness (QED) is 0.526. The minimum absolute atomic E-state index is 0.0433. The van der Waals surface area contributed by atoms with Gasteiger partial charge in [-0.3, -0.25) is 14.9 Å². The molecule has 0 aliphatic carbocycles. The number of carbonyl (C=O) groups is 1. The van der Waals surface area contributed by atoms with Crippen molar-refractivity contribution < 1.29 is 9.72 Å². The van der Waals surface area contributed by atoms with Crippen LogP contribution >= 0.6 is 0 Å². The van der Waals surface area contributed by atoms with Gasteiger partial charge in [-0.25, -0.2) is 0 Å². The van der Waals surface area contributed by atoms with Gasteiger partial charge in [-0.1, -0.05) is 0 Å². The van der Waals surface area contributed by atoms with Gasteiger partial charge in [0.1, 0.15) is 6.04 Å². The Morgan fingerprint density at radius 2 is 2.20 bits per heavy atom. The number of non-ortho nitro benzene ring substituents is 1. The van der Waals surface area contributed by atoms with Crippen LogP contribution in [-0.2, 0) is 4.79 Å². The lowest BCUT2D eigenvalue weighted by atomic mass is 10.0. The number of amides is 1. The number of nitrogens with one attached hydrogen (secondary N) is 1. The van der Waals surface area contributed by atoms with Crippen molar-refractivity contribution in [3.8, 4) is 0 Å². The largest absolute Gasteiger partial charge is 0.324 e. The highest BCUT2D eigenvalue weighted by Crippen LogP contribution is 2.35. The second-order valence-corrected chi connectivity index (χ2v) is 3.45. The number of nitrogens with zero attached hydrogens (tertiary/aromatic N) is 1. The number of hydrogen-bond acceptors (Lipinski definition) is 4. The molecule has 0 radical (unpaired) electrons. The fraction of sp³-hybridized carbons (Fsp3) is 0.222. The Bertz CT molecular complexity index is 470. The van der Waals surface area contributed by atoms with Crippen molar-refractivity contribution in [2.24, 2.45) is 5.73 Å². The lowest BCUT2D eigenvalue weighted by molar-refractivity contribution is -0.384. The van der Waals surface area contributed by atoms with Crippen molar-refractivity contribution in [2.45, 2.75) is 13.0 Å². The summed E-state index contributed by atoms with van der Waals surface area (Å²) in [6.07, 6.45) is 0. The minimum Gasteiger partial charge on any atom is -0.324 e. The molecular weight excluding hydrogens is 198 g/mol. The number of hydrogen-bond donors (Lipinski definition) is 2. The fourth-order valence-electron chi connectivity index (χ4n) is 1.66. The molecule has 6 heteroatoms. The molecule has 1 heterocycles. The van der Waals surface area contributed by atoms with E-state index in [4.69, 9.17) is 5.73 Å². The van der Waals surface area contributed by atoms with Crippen molar-refractivity contribution >= 4 is 17.3 Å². The number of anilines is 1. The molecule has 1 aliphatic heterocycles. The summed E-state index contributed by atoms with van der Waals surface area (Å²) < 4.78 is 0. The van der Waals surface area contributed by atoms with Gasteiger partial charge in [0.15, 0.2) is 0 Å². The van der Waals surface area contributed by atoms with Crippen LogP contribution in [0.2, 0.25) is 0 Å². The number of nitro groups is 1. The third kappa shape index (κ3) is 1.35. The lowest BCUT2D eigenvalue weighted by Crippen LogP contribution is -2.19. The van der Waals surface area contributed by atoms with Crippen LogP contribution in [0.15, 0.2) is 12.1 Å². The van der Waals surface area contributed by atoms with Crippen LogP contribution < -0.4 is 11.1 Å². The van der Waals surface area contributed by atoms with E-state index in [1.165, 1.54) is 12.1 Å². The molecule has 1 aromatic rings. The average molecular weight is 207 g/mol. The standard InChI is InChI=1S/C9H9N3O3/c1-4-2-5(12(14)15)3-6-7(10)9(13)11-8(4)6/h2-3,7H,10H2,1H3,(H,11,13). The van der Waals surface area contributed by atoms with Crippen molar-refractivity contribution in [1.29, 1.82) is 0 Å². The molecule has 1 atom stereocenters. The number of rotatable bonds is 1. The van der Waals surface area contributed by atoms with Crippen LogP contribution in [0.4, 0.5) is 11.4 Å². The van der Waals surface area contributed by atoms with Crippen molar-refractivity contribution in [3.05, 3.63) is 33.4 Å². The van der Waals surface area contributed by atoms with Crippen LogP contribution in [0.3, 0.4) is 0 Å². The van der Waals surface area contributed by atoms with Gasteiger partial charge in [-0.05, 0) is 12.5 Å². The summed E-state index contributed by atoms with van der Waals surface area (Å²) in [7, 11) is 0. The predicted molar refractivity (Wildman–Crippen MR) is 53.4 cm³/mol. The maximum atomic E-state index is 11.3. The van der Waals surface area contributed by atoms with Gasteiger partial charge in [0.25, 0.3) is 5.69 Å². The highest BCUT2D eigenvalue weighted by Gasteiger charge is 2.30. The molecular formula is C9H9N3O3. The first-order valence-corrected chi connectivity index (χ1v) is 4.36. The summed E-state index contributed by atoms with van der Waals surface area (Å²) in [6, 6.07) is 1.95. The average Bonchev–Trinajstić information content (AvgIpc) is 2.45. The molecule has 1 unspecified atom stereocenters. The van der Waals surface area contributed by atoms with Crippen molar-refractivity contribution in [2.75, 3.05) is 5.32 Å². The Morgan fingerprint density at radius 3 is 2.80 bits per heavy atom. The van der Waals surface area contributed by atoms with Crippen molar-refractivity contribution in [1.82, 2.24) is 0 Å². The Labute approximate surface area is 85.2 Å². The third-order valence-electron chi connectivity index (χ3n) is 2.43. The number of aryl methyl sites for hydroxylation is 1. The van der Waals surface area contributed by atoms with Crippen LogP contribution in [-0.4, -0.2) is 10.8 Å². The number of fused-ring (bicyclic) bond motifs is 1. The van der Waals surface area contributed by atoms with E-state index in [-0.39, 0.29) is 11.6 Å². The Balaban J connectivity index is 2.62. The highest BCUT2D eigenvalue weighted by atomic mass is 16.6. The van der Waals surface area contributed by atoms with Crippen LogP contribution in [0.5, 0.6) is 0 Å². The number of nitro benzene ring substituents is 1. The molecule has 3 N–H and O–H groups in total. The van der Waals surface area contributed by atoms with E-state index in [9.17, 15) is 14.9 Å². The SMILES string of the molecule is Cc1cc([N+](=O)[O-])cc2c1NC(=O)C2N. The molecule has 1 amide bonds. The van der Waals surface area contributed by atoms with Crippen molar-refractivity contribution in [3.63, 3.8) is 0 Å². The molecule has 6 nitrogen and oxygen atoms in total. The Kier molecular flexibility index (Phi) is 1.94. The van der Waals surface area contributed by atoms with E-state index in [1.807, 2.05) is 0 Å². The van der Waals surface area contributed by atoms with Gasteiger partial charge in [0, 0.05) is 23.4 Å². The zero-order chi connectivity index (χ0) is 11.2. The summed E-state index contributed by atoms with van der Waals surface area (Å²) in [5.74, 6) is -0.325.